The molecule has 4 rings (SSSR count). The smallest absolute Gasteiger partial charge is 0.266 e. The Bertz CT molecular complexity index is 1270. The number of imidazole rings is 1. The van der Waals surface area contributed by atoms with Gasteiger partial charge in [-0.15, -0.1) is 0 Å². The number of hydrogen-bond acceptors (Lipinski definition) is 6. The van der Waals surface area contributed by atoms with E-state index >= 15 is 0 Å². The molecule has 0 aliphatic heterocycles. The van der Waals surface area contributed by atoms with Gasteiger partial charge >= 0.3 is 0 Å². The molecule has 0 spiro atoms. The van der Waals surface area contributed by atoms with Crippen LogP contribution in [0.2, 0.25) is 10.4 Å². The van der Waals surface area contributed by atoms with Gasteiger partial charge in [-0.1, -0.05) is 41.4 Å². The van der Waals surface area contributed by atoms with E-state index in [0.717, 1.165) is 9.87 Å². The van der Waals surface area contributed by atoms with Gasteiger partial charge < -0.3 is 4.57 Å². The highest BCUT2D eigenvalue weighted by Crippen LogP contribution is 2.33. The molecule has 30 heavy (non-hydrogen) atoms. The fourth-order valence-corrected chi connectivity index (χ4v) is 4.98. The summed E-state index contributed by atoms with van der Waals surface area (Å²) in [6.07, 6.45) is 5.43. The summed E-state index contributed by atoms with van der Waals surface area (Å²) >= 11 is 12.0. The van der Waals surface area contributed by atoms with Crippen LogP contribution in [0, 0.1) is 12.8 Å². The highest BCUT2D eigenvalue weighted by Gasteiger charge is 2.34. The Morgan fingerprint density at radius 1 is 1.17 bits per heavy atom. The van der Waals surface area contributed by atoms with Gasteiger partial charge in [0.1, 0.15) is 5.52 Å². The molecule has 156 valence electrons. The number of fused-ring (bicyclic) bond motifs is 1. The first-order valence-electron chi connectivity index (χ1n) is 9.02. The number of rotatable bonds is 4. The number of aromatic nitrogens is 4. The number of nitrogens with zero attached hydrogens (tertiary/aromatic N) is 5. The molecule has 11 heteroatoms. The van der Waals surface area contributed by atoms with Gasteiger partial charge in [0.2, 0.25) is 11.2 Å². The maximum absolute atomic E-state index is 12.9. The van der Waals surface area contributed by atoms with Crippen LogP contribution in [-0.4, -0.2) is 45.2 Å². The summed E-state index contributed by atoms with van der Waals surface area (Å²) in [4.78, 5) is 25.3. The zero-order valence-corrected chi connectivity index (χ0v) is 18.4. The molecule has 0 N–H and O–H groups in total. The second kappa shape index (κ2) is 7.64. The van der Waals surface area contributed by atoms with Crippen LogP contribution in [0.3, 0.4) is 0 Å². The number of carbonyl (C=O) groups excluding carboxylic acids is 1. The van der Waals surface area contributed by atoms with Crippen LogP contribution in [0.4, 0.5) is 0 Å². The SMILES string of the molecule is Cc1ccc(S(=O)(=O)N(C)C(=O)[C@@H]2C=C[C@H](n3cnc4c(Cl)nc(Cl)nc43)C2)cc1. The molecular formula is C19H17Cl2N5O3S. The van der Waals surface area contributed by atoms with E-state index in [1.54, 1.807) is 29.1 Å². The van der Waals surface area contributed by atoms with Crippen molar-refractivity contribution in [2.45, 2.75) is 24.3 Å². The van der Waals surface area contributed by atoms with E-state index in [1.807, 2.05) is 13.0 Å². The Labute approximate surface area is 183 Å². The Kier molecular flexibility index (Phi) is 5.29. The molecule has 8 nitrogen and oxygen atoms in total. The minimum atomic E-state index is -3.93. The number of aryl methyl sites for hydroxylation is 1. The minimum absolute atomic E-state index is 0.00669. The number of allylic oxidation sites excluding steroid dienone is 1. The summed E-state index contributed by atoms with van der Waals surface area (Å²) in [6.45, 7) is 1.86. The molecule has 2 atom stereocenters. The van der Waals surface area contributed by atoms with Crippen LogP contribution in [0.1, 0.15) is 18.0 Å². The lowest BCUT2D eigenvalue weighted by Crippen LogP contribution is -2.37. The Hall–Kier alpha value is -2.49. The summed E-state index contributed by atoms with van der Waals surface area (Å²) in [5, 5.41) is 0.134. The second-order valence-electron chi connectivity index (χ2n) is 7.03. The maximum Gasteiger partial charge on any atom is 0.266 e. The highest BCUT2D eigenvalue weighted by atomic mass is 35.5. The molecular weight excluding hydrogens is 449 g/mol. The van der Waals surface area contributed by atoms with E-state index in [9.17, 15) is 13.2 Å². The highest BCUT2D eigenvalue weighted by molar-refractivity contribution is 7.89. The molecule has 1 aromatic carbocycles. The van der Waals surface area contributed by atoms with Gasteiger partial charge in [-0.05, 0) is 37.1 Å². The standard InChI is InChI=1S/C19H17Cl2N5O3S/c1-11-3-7-14(8-4-11)30(28,29)25(2)18(27)12-5-6-13(9-12)26-10-22-15-16(20)23-19(21)24-17(15)26/h3-8,10,12-13H,9H2,1-2H3/t12-,13+/m1/s1. The van der Waals surface area contributed by atoms with Crippen LogP contribution >= 0.6 is 23.2 Å². The van der Waals surface area contributed by atoms with Gasteiger partial charge in [0.25, 0.3) is 10.0 Å². The van der Waals surface area contributed by atoms with Crippen molar-refractivity contribution >= 4 is 50.3 Å². The Morgan fingerprint density at radius 3 is 2.57 bits per heavy atom. The third-order valence-electron chi connectivity index (χ3n) is 5.08. The van der Waals surface area contributed by atoms with E-state index < -0.39 is 21.8 Å². The maximum atomic E-state index is 12.9. The topological polar surface area (TPSA) is 98.1 Å². The average molecular weight is 466 g/mol. The molecule has 0 unspecified atom stereocenters. The quantitative estimate of drug-likeness (QED) is 0.332. The van der Waals surface area contributed by atoms with Crippen molar-refractivity contribution in [3.8, 4) is 0 Å². The normalized spacial score (nSPS) is 18.8. The van der Waals surface area contributed by atoms with E-state index in [0.29, 0.717) is 17.6 Å². The van der Waals surface area contributed by atoms with Crippen molar-refractivity contribution in [3.63, 3.8) is 0 Å². The molecule has 2 aromatic heterocycles. The Balaban J connectivity index is 1.55. The first kappa shape index (κ1) is 20.8. The van der Waals surface area contributed by atoms with Crippen LogP contribution in [0.15, 0.2) is 47.6 Å². The van der Waals surface area contributed by atoms with E-state index in [2.05, 4.69) is 15.0 Å². The van der Waals surface area contributed by atoms with Crippen molar-refractivity contribution in [1.29, 1.82) is 0 Å². The minimum Gasteiger partial charge on any atom is -0.308 e. The van der Waals surface area contributed by atoms with Crippen LogP contribution < -0.4 is 0 Å². The van der Waals surface area contributed by atoms with Crippen LogP contribution in [-0.2, 0) is 14.8 Å². The molecule has 0 fully saturated rings. The van der Waals surface area contributed by atoms with Crippen molar-refractivity contribution in [2.75, 3.05) is 7.05 Å². The summed E-state index contributed by atoms with van der Waals surface area (Å²) in [5.74, 6) is -1.12. The average Bonchev–Trinajstić information content (AvgIpc) is 3.34. The molecule has 3 aromatic rings. The summed E-state index contributed by atoms with van der Waals surface area (Å²) < 4.78 is 28.2. The van der Waals surface area contributed by atoms with E-state index in [4.69, 9.17) is 23.2 Å². The van der Waals surface area contributed by atoms with Gasteiger partial charge in [-0.25, -0.2) is 22.7 Å². The summed E-state index contributed by atoms with van der Waals surface area (Å²) in [6, 6.07) is 6.12. The summed E-state index contributed by atoms with van der Waals surface area (Å²) in [7, 11) is -2.66. The lowest BCUT2D eigenvalue weighted by Gasteiger charge is -2.21. The van der Waals surface area contributed by atoms with Gasteiger partial charge in [0, 0.05) is 7.05 Å². The fraction of sp³-hybridized carbons (Fsp3) is 0.263. The molecule has 0 saturated carbocycles. The Morgan fingerprint density at radius 2 is 1.87 bits per heavy atom. The van der Waals surface area contributed by atoms with Crippen molar-refractivity contribution < 1.29 is 13.2 Å². The molecule has 2 heterocycles. The lowest BCUT2D eigenvalue weighted by molar-refractivity contribution is -0.128. The zero-order valence-electron chi connectivity index (χ0n) is 16.0. The van der Waals surface area contributed by atoms with E-state index in [1.165, 1.54) is 19.2 Å². The van der Waals surface area contributed by atoms with Gasteiger partial charge in [0.15, 0.2) is 10.8 Å². The largest absolute Gasteiger partial charge is 0.308 e. The molecule has 1 aliphatic carbocycles. The number of sulfonamides is 1. The third kappa shape index (κ3) is 3.57. The zero-order chi connectivity index (χ0) is 21.6. The number of halogens is 2. The van der Waals surface area contributed by atoms with Gasteiger partial charge in [-0.2, -0.15) is 4.98 Å². The lowest BCUT2D eigenvalue weighted by atomic mass is 10.1. The molecule has 1 aliphatic rings. The van der Waals surface area contributed by atoms with Crippen LogP contribution in [0.25, 0.3) is 11.2 Å². The van der Waals surface area contributed by atoms with Crippen LogP contribution in [0.5, 0.6) is 0 Å². The third-order valence-corrected chi connectivity index (χ3v) is 7.28. The fourth-order valence-electron chi connectivity index (χ4n) is 3.39. The van der Waals surface area contributed by atoms with Crippen molar-refractivity contribution in [3.05, 3.63) is 58.7 Å². The van der Waals surface area contributed by atoms with E-state index in [-0.39, 0.29) is 21.4 Å². The van der Waals surface area contributed by atoms with Gasteiger partial charge in [-0.3, -0.25) is 4.79 Å². The number of hydrogen-bond donors (Lipinski definition) is 0. The second-order valence-corrected chi connectivity index (χ2v) is 9.69. The number of amides is 1. The molecule has 0 bridgehead atoms. The number of carbonyl (C=O) groups is 1. The monoisotopic (exact) mass is 465 g/mol. The molecule has 0 saturated heterocycles. The van der Waals surface area contributed by atoms with Gasteiger partial charge in [0.05, 0.1) is 23.2 Å². The van der Waals surface area contributed by atoms with Crippen molar-refractivity contribution in [1.82, 2.24) is 23.8 Å². The first-order chi connectivity index (χ1) is 14.2. The predicted octanol–water partition coefficient (Wildman–Crippen LogP) is 3.41. The molecule has 0 radical (unpaired) electrons. The molecule has 1 amide bonds. The van der Waals surface area contributed by atoms with Crippen molar-refractivity contribution in [2.24, 2.45) is 5.92 Å². The first-order valence-corrected chi connectivity index (χ1v) is 11.2. The number of benzene rings is 1. The predicted molar refractivity (Wildman–Crippen MR) is 113 cm³/mol. The summed E-state index contributed by atoms with van der Waals surface area (Å²) in [5.41, 5.74) is 1.78.